The minimum atomic E-state index is -3.02. The Kier molecular flexibility index (Phi) is 7.45. The highest BCUT2D eigenvalue weighted by molar-refractivity contribution is 6.03. The Bertz CT molecular complexity index is 979. The van der Waals surface area contributed by atoms with Gasteiger partial charge in [0.15, 0.2) is 11.5 Å². The van der Waals surface area contributed by atoms with Crippen molar-refractivity contribution >= 4 is 17.7 Å². The summed E-state index contributed by atoms with van der Waals surface area (Å²) in [5, 5.41) is 2.72. The molecule has 8 nitrogen and oxygen atoms in total. The molecular weight excluding hydrogens is 436 g/mol. The highest BCUT2D eigenvalue weighted by Crippen LogP contribution is 2.32. The molecule has 1 aliphatic rings. The van der Waals surface area contributed by atoms with E-state index in [0.717, 1.165) is 0 Å². The van der Waals surface area contributed by atoms with Gasteiger partial charge in [-0.25, -0.2) is 4.79 Å². The van der Waals surface area contributed by atoms with E-state index in [9.17, 15) is 18.4 Å². The number of methoxy groups -OCH3 is 1. The summed E-state index contributed by atoms with van der Waals surface area (Å²) in [7, 11) is 1.34. The lowest BCUT2D eigenvalue weighted by Gasteiger charge is -2.34. The van der Waals surface area contributed by atoms with Gasteiger partial charge in [0.2, 0.25) is 0 Å². The summed E-state index contributed by atoms with van der Waals surface area (Å²) in [4.78, 5) is 26.9. The first kappa shape index (κ1) is 24.3. The fourth-order valence-electron chi connectivity index (χ4n) is 3.70. The Morgan fingerprint density at radius 1 is 1.12 bits per heavy atom. The second-order valence-corrected chi connectivity index (χ2v) is 8.70. The molecule has 0 saturated carbocycles. The summed E-state index contributed by atoms with van der Waals surface area (Å²) >= 11 is 0. The number of anilines is 1. The van der Waals surface area contributed by atoms with E-state index in [2.05, 4.69) is 10.1 Å². The highest BCUT2D eigenvalue weighted by atomic mass is 19.3. The molecule has 1 N–H and O–H groups in total. The number of hydrogen-bond donors (Lipinski definition) is 1. The van der Waals surface area contributed by atoms with Gasteiger partial charge < -0.3 is 29.0 Å². The summed E-state index contributed by atoms with van der Waals surface area (Å²) < 4.78 is 42.1. The van der Waals surface area contributed by atoms with E-state index >= 15 is 0 Å². The quantitative estimate of drug-likeness (QED) is 0.655. The zero-order valence-corrected chi connectivity index (χ0v) is 19.1. The van der Waals surface area contributed by atoms with E-state index in [4.69, 9.17) is 9.47 Å². The smallest absolute Gasteiger partial charge is 0.410 e. The van der Waals surface area contributed by atoms with Crippen LogP contribution in [-0.2, 0) is 4.74 Å². The molecule has 180 valence electrons. The molecule has 0 unspecified atom stereocenters. The first-order valence-electron chi connectivity index (χ1n) is 10.7. The van der Waals surface area contributed by atoms with E-state index in [0.29, 0.717) is 37.3 Å². The topological polar surface area (TPSA) is 82.0 Å². The molecular formula is C23H29F2N3O5. The molecule has 1 fully saturated rings. The third kappa shape index (κ3) is 6.36. The molecule has 0 atom stereocenters. The van der Waals surface area contributed by atoms with E-state index < -0.39 is 12.2 Å². The summed E-state index contributed by atoms with van der Waals surface area (Å²) in [5.41, 5.74) is 0.170. The SMILES string of the molecule is COc1ccc(NC(=O)c2cccn2C2CCN(C(=O)OC(C)(C)C)CC2)cc1OC(F)F. The lowest BCUT2D eigenvalue weighted by Crippen LogP contribution is -2.42. The predicted octanol–water partition coefficient (Wildman–Crippen LogP) is 4.92. The molecule has 1 saturated heterocycles. The van der Waals surface area contributed by atoms with Gasteiger partial charge in [-0.3, -0.25) is 4.79 Å². The molecule has 2 heterocycles. The van der Waals surface area contributed by atoms with E-state index in [1.807, 2.05) is 31.5 Å². The molecule has 10 heteroatoms. The van der Waals surface area contributed by atoms with Crippen molar-refractivity contribution in [2.45, 2.75) is 51.9 Å². The van der Waals surface area contributed by atoms with Crippen LogP contribution < -0.4 is 14.8 Å². The number of carbonyl (C=O) groups is 2. The number of ether oxygens (including phenoxy) is 3. The van der Waals surface area contributed by atoms with Gasteiger partial charge in [-0.05, 0) is 57.9 Å². The first-order chi connectivity index (χ1) is 15.6. The van der Waals surface area contributed by atoms with Crippen molar-refractivity contribution in [1.82, 2.24) is 9.47 Å². The van der Waals surface area contributed by atoms with Gasteiger partial charge in [0.25, 0.3) is 5.91 Å². The molecule has 3 rings (SSSR count). The van der Waals surface area contributed by atoms with Crippen LogP contribution in [0.15, 0.2) is 36.5 Å². The fourth-order valence-corrected chi connectivity index (χ4v) is 3.70. The first-order valence-corrected chi connectivity index (χ1v) is 10.7. The van der Waals surface area contributed by atoms with E-state index in [1.54, 1.807) is 23.1 Å². The standard InChI is InChI=1S/C23H29F2N3O5/c1-23(2,3)33-22(30)27-12-9-16(10-13-27)28-11-5-6-17(28)20(29)26-15-7-8-18(31-4)19(14-15)32-21(24)25/h5-8,11,14,16,21H,9-10,12-13H2,1-4H3,(H,26,29). The molecule has 2 amide bonds. The number of nitrogens with zero attached hydrogens (tertiary/aromatic N) is 2. The van der Waals surface area contributed by atoms with Crippen molar-refractivity contribution in [2.75, 3.05) is 25.5 Å². The van der Waals surface area contributed by atoms with Crippen LogP contribution >= 0.6 is 0 Å². The van der Waals surface area contributed by atoms with Crippen molar-refractivity contribution in [1.29, 1.82) is 0 Å². The van der Waals surface area contributed by atoms with Gasteiger partial charge >= 0.3 is 12.7 Å². The number of carbonyl (C=O) groups excluding carboxylic acids is 2. The maximum atomic E-state index is 12.9. The number of hydrogen-bond acceptors (Lipinski definition) is 5. The van der Waals surface area contributed by atoms with E-state index in [1.165, 1.54) is 19.2 Å². The van der Waals surface area contributed by atoms with Gasteiger partial charge in [-0.1, -0.05) is 0 Å². The molecule has 0 radical (unpaired) electrons. The van der Waals surface area contributed by atoms with Gasteiger partial charge in [0.1, 0.15) is 11.3 Å². The maximum absolute atomic E-state index is 12.9. The Balaban J connectivity index is 1.66. The average molecular weight is 465 g/mol. The van der Waals surface area contributed by atoms with Crippen LogP contribution in [0.2, 0.25) is 0 Å². The summed E-state index contributed by atoms with van der Waals surface area (Å²) in [6.07, 6.45) is 2.82. The van der Waals surface area contributed by atoms with Gasteiger partial charge in [-0.15, -0.1) is 0 Å². The molecule has 2 aromatic rings. The number of alkyl halides is 2. The highest BCUT2D eigenvalue weighted by Gasteiger charge is 2.28. The number of nitrogens with one attached hydrogen (secondary N) is 1. The molecule has 33 heavy (non-hydrogen) atoms. The molecule has 1 aromatic carbocycles. The van der Waals surface area contributed by atoms with Gasteiger partial charge in [0.05, 0.1) is 7.11 Å². The van der Waals surface area contributed by atoms with Crippen LogP contribution in [0.3, 0.4) is 0 Å². The van der Waals surface area contributed by atoms with Crippen LogP contribution in [-0.4, -0.2) is 53.9 Å². The molecule has 0 aliphatic carbocycles. The normalized spacial score (nSPS) is 14.8. The number of likely N-dealkylation sites (tertiary alicyclic amines) is 1. The Morgan fingerprint density at radius 2 is 1.82 bits per heavy atom. The van der Waals surface area contributed by atoms with Crippen LogP contribution in [0, 0.1) is 0 Å². The average Bonchev–Trinajstić information content (AvgIpc) is 3.22. The zero-order valence-electron chi connectivity index (χ0n) is 19.1. The summed E-state index contributed by atoms with van der Waals surface area (Å²) in [5.74, 6) is -0.425. The predicted molar refractivity (Wildman–Crippen MR) is 118 cm³/mol. The third-order valence-electron chi connectivity index (χ3n) is 5.16. The van der Waals surface area contributed by atoms with Crippen LogP contribution in [0.5, 0.6) is 11.5 Å². The van der Waals surface area contributed by atoms with Crippen molar-refractivity contribution in [2.24, 2.45) is 0 Å². The number of piperidine rings is 1. The fraction of sp³-hybridized carbons (Fsp3) is 0.478. The Labute approximate surface area is 191 Å². The Hall–Kier alpha value is -3.30. The number of benzene rings is 1. The van der Waals surface area contributed by atoms with Crippen molar-refractivity contribution in [3.63, 3.8) is 0 Å². The van der Waals surface area contributed by atoms with Gasteiger partial charge in [0, 0.05) is 37.1 Å². The number of amides is 2. The summed E-state index contributed by atoms with van der Waals surface area (Å²) in [6.45, 7) is 3.50. The largest absolute Gasteiger partial charge is 0.493 e. The van der Waals surface area contributed by atoms with Gasteiger partial charge in [-0.2, -0.15) is 8.78 Å². The van der Waals surface area contributed by atoms with Crippen molar-refractivity contribution < 1.29 is 32.6 Å². The molecule has 0 spiro atoms. The van der Waals surface area contributed by atoms with E-state index in [-0.39, 0.29) is 29.5 Å². The van der Waals surface area contributed by atoms with Crippen LogP contribution in [0.4, 0.5) is 19.3 Å². The Morgan fingerprint density at radius 3 is 2.42 bits per heavy atom. The number of rotatable bonds is 6. The zero-order chi connectivity index (χ0) is 24.2. The van der Waals surface area contributed by atoms with Crippen molar-refractivity contribution in [3.8, 4) is 11.5 Å². The lowest BCUT2D eigenvalue weighted by molar-refractivity contribution is -0.0511. The second-order valence-electron chi connectivity index (χ2n) is 8.70. The van der Waals surface area contributed by atoms with Crippen molar-refractivity contribution in [3.05, 3.63) is 42.2 Å². The second kappa shape index (κ2) is 10.1. The minimum absolute atomic E-state index is 0.0352. The van der Waals surface area contributed by atoms with Crippen LogP contribution in [0.25, 0.3) is 0 Å². The van der Waals surface area contributed by atoms with Crippen LogP contribution in [0.1, 0.15) is 50.1 Å². The summed E-state index contributed by atoms with van der Waals surface area (Å²) in [6, 6.07) is 7.77. The minimum Gasteiger partial charge on any atom is -0.493 e. The third-order valence-corrected chi connectivity index (χ3v) is 5.16. The monoisotopic (exact) mass is 465 g/mol. The molecule has 1 aliphatic heterocycles. The number of aromatic nitrogens is 1. The lowest BCUT2D eigenvalue weighted by atomic mass is 10.0. The number of halogens is 2. The maximum Gasteiger partial charge on any atom is 0.410 e. The molecule has 1 aromatic heterocycles. The molecule has 0 bridgehead atoms.